The van der Waals surface area contributed by atoms with Crippen LogP contribution in [0.25, 0.3) is 0 Å². The van der Waals surface area contributed by atoms with E-state index in [1.807, 2.05) is 0 Å². The number of aliphatic hydroxyl groups is 3. The lowest BCUT2D eigenvalue weighted by Gasteiger charge is -2.65. The minimum absolute atomic E-state index is 0.00899. The molecule has 5 heterocycles. The van der Waals surface area contributed by atoms with E-state index in [4.69, 9.17) is 47.4 Å². The summed E-state index contributed by atoms with van der Waals surface area (Å²) in [7, 11) is 3.68. The normalized spacial score (nSPS) is 54.2. The van der Waals surface area contributed by atoms with E-state index in [2.05, 4.69) is 0 Å². The summed E-state index contributed by atoms with van der Waals surface area (Å²) in [6.07, 6.45) is -6.81. The van der Waals surface area contributed by atoms with Gasteiger partial charge in [-0.1, -0.05) is 13.0 Å². The Kier molecular flexibility index (Phi) is 8.01. The summed E-state index contributed by atoms with van der Waals surface area (Å²) in [5, 5.41) is 38.7. The van der Waals surface area contributed by atoms with Crippen molar-refractivity contribution in [1.82, 2.24) is 0 Å². The van der Waals surface area contributed by atoms with Crippen molar-refractivity contribution in [3.05, 3.63) is 11.6 Å². The van der Waals surface area contributed by atoms with Gasteiger partial charge >= 0.3 is 23.9 Å². The molecule has 2 bridgehead atoms. The van der Waals surface area contributed by atoms with E-state index in [1.54, 1.807) is 33.8 Å². The fraction of sp³-hybridized carbons (Fsp3) is 0.833. The molecule has 8 fully saturated rings. The van der Waals surface area contributed by atoms with Crippen molar-refractivity contribution in [1.29, 1.82) is 0 Å². The molecule has 53 heavy (non-hydrogen) atoms. The summed E-state index contributed by atoms with van der Waals surface area (Å²) in [4.78, 5) is 54.7. The third kappa shape index (κ3) is 3.98. The number of esters is 4. The van der Waals surface area contributed by atoms with Crippen molar-refractivity contribution in [2.45, 2.75) is 120 Å². The number of carbonyl (C=O) groups is 4. The van der Waals surface area contributed by atoms with Gasteiger partial charge in [0.05, 0.1) is 45.7 Å². The van der Waals surface area contributed by atoms with Crippen LogP contribution in [0.1, 0.15) is 53.9 Å². The number of hydrogen-bond donors (Lipinski definition) is 3. The first-order chi connectivity index (χ1) is 24.9. The Labute approximate surface area is 305 Å². The Morgan fingerprint density at radius 1 is 0.887 bits per heavy atom. The van der Waals surface area contributed by atoms with Gasteiger partial charge in [-0.2, -0.15) is 0 Å². The van der Waals surface area contributed by atoms with Crippen LogP contribution in [0.3, 0.4) is 0 Å². The highest BCUT2D eigenvalue weighted by molar-refractivity contribution is 5.88. The van der Waals surface area contributed by atoms with Crippen molar-refractivity contribution in [3.63, 3.8) is 0 Å². The van der Waals surface area contributed by atoms with E-state index in [9.17, 15) is 34.5 Å². The molecule has 294 valence electrons. The van der Waals surface area contributed by atoms with E-state index < -0.39 is 130 Å². The first-order valence-corrected chi connectivity index (χ1v) is 18.0. The monoisotopic (exact) mass is 752 g/mol. The number of rotatable bonds is 6. The van der Waals surface area contributed by atoms with Crippen LogP contribution in [0.2, 0.25) is 0 Å². The third-order valence-corrected chi connectivity index (χ3v) is 14.8. The topological polar surface area (TPSA) is 221 Å². The van der Waals surface area contributed by atoms with Crippen molar-refractivity contribution in [3.8, 4) is 0 Å². The molecule has 5 saturated heterocycles. The number of hydrogen-bond acceptors (Lipinski definition) is 17. The second kappa shape index (κ2) is 11.4. The Bertz CT molecular complexity index is 1670. The SMILES string of the molecule is C/C=C(\C)C(=O)O[C@H]1C[C@@H](OC(C)=O)[C@@]2(C(=O)OC)CO[C@H]3[C@H]4O[C@]5(C)[C@H]6C[C@H](O[C@@H]7O[C@@H](OC)C[C@@]76O)[C@]5(O)[C@@]4(C)[C@H]4[C@]1(CO[C@]4(O)C(=O)OC)[C@@H]32. The van der Waals surface area contributed by atoms with Crippen LogP contribution in [0.4, 0.5) is 0 Å². The van der Waals surface area contributed by atoms with Gasteiger partial charge < -0.3 is 62.7 Å². The van der Waals surface area contributed by atoms with E-state index in [1.165, 1.54) is 21.1 Å². The van der Waals surface area contributed by atoms with Gasteiger partial charge in [0.15, 0.2) is 12.6 Å². The van der Waals surface area contributed by atoms with Gasteiger partial charge in [-0.3, -0.25) is 9.59 Å². The summed E-state index contributed by atoms with van der Waals surface area (Å²) < 4.78 is 60.4. The molecule has 0 aromatic rings. The van der Waals surface area contributed by atoms with Crippen molar-refractivity contribution >= 4 is 23.9 Å². The average molecular weight is 753 g/mol. The Hall–Kier alpha value is -2.74. The Morgan fingerprint density at radius 2 is 1.58 bits per heavy atom. The minimum Gasteiger partial charge on any atom is -0.468 e. The molecule has 8 rings (SSSR count). The molecule has 0 aromatic heterocycles. The van der Waals surface area contributed by atoms with E-state index >= 15 is 0 Å². The van der Waals surface area contributed by atoms with Gasteiger partial charge in [0.25, 0.3) is 5.79 Å². The standard InChI is InChI=1S/C36H48O17/c1-9-15(2)25(38)50-18-11-19(49-16(3)37)33(27(39)45-7)13-47-22-23(33)32(18)14-48-35(42,28(40)46-8)26(32)30(4)24(22)53-31(5)17-10-20(36(30,31)43)51-29-34(17,41)12-21(44-6)52-29/h9,17-24,26,29,41-43H,10-14H2,1-8H3/b15-9+/t17-,18+,19-,20+,21-,22-,23-,24-,26+,29-,30-,31-,32+,33+,34+,35+,36+/m1/s1. The lowest BCUT2D eigenvalue weighted by molar-refractivity contribution is -0.322. The number of methoxy groups -OCH3 is 3. The van der Waals surface area contributed by atoms with Crippen LogP contribution < -0.4 is 0 Å². The van der Waals surface area contributed by atoms with Gasteiger partial charge in [-0.15, -0.1) is 0 Å². The zero-order valence-electron chi connectivity index (χ0n) is 30.9. The van der Waals surface area contributed by atoms with Crippen LogP contribution in [0, 0.1) is 34.0 Å². The summed E-state index contributed by atoms with van der Waals surface area (Å²) in [6.45, 7) is 6.79. The highest BCUT2D eigenvalue weighted by Gasteiger charge is 2.95. The van der Waals surface area contributed by atoms with E-state index in [0.29, 0.717) is 0 Å². The van der Waals surface area contributed by atoms with Crippen LogP contribution in [-0.4, -0.2) is 139 Å². The summed E-state index contributed by atoms with van der Waals surface area (Å²) in [6, 6.07) is 0. The Morgan fingerprint density at radius 3 is 2.21 bits per heavy atom. The van der Waals surface area contributed by atoms with E-state index in [-0.39, 0.29) is 31.4 Å². The highest BCUT2D eigenvalue weighted by atomic mass is 16.8. The molecule has 5 aliphatic heterocycles. The van der Waals surface area contributed by atoms with Gasteiger partial charge in [0, 0.05) is 61.0 Å². The maximum absolute atomic E-state index is 14.3. The summed E-state index contributed by atoms with van der Waals surface area (Å²) >= 11 is 0. The first-order valence-electron chi connectivity index (χ1n) is 18.0. The number of fused-ring (bicyclic) bond motifs is 11. The van der Waals surface area contributed by atoms with E-state index in [0.717, 1.165) is 7.11 Å². The zero-order chi connectivity index (χ0) is 38.5. The van der Waals surface area contributed by atoms with Gasteiger partial charge in [0.2, 0.25) is 0 Å². The molecule has 0 aromatic carbocycles. The minimum atomic E-state index is -2.84. The second-order valence-corrected chi connectivity index (χ2v) is 16.4. The largest absolute Gasteiger partial charge is 0.468 e. The number of ether oxygens (including phenoxy) is 10. The Balaban J connectivity index is 1.40. The van der Waals surface area contributed by atoms with Crippen LogP contribution in [-0.2, 0) is 66.5 Å². The number of allylic oxidation sites excluding steroid dienone is 1. The molecule has 0 amide bonds. The van der Waals surface area contributed by atoms with Gasteiger partial charge in [-0.05, 0) is 27.2 Å². The molecule has 8 aliphatic rings. The first kappa shape index (κ1) is 37.2. The quantitative estimate of drug-likeness (QED) is 0.179. The summed E-state index contributed by atoms with van der Waals surface area (Å²) in [5.74, 6) is -9.94. The maximum Gasteiger partial charge on any atom is 0.366 e. The predicted molar refractivity (Wildman–Crippen MR) is 171 cm³/mol. The fourth-order valence-electron chi connectivity index (χ4n) is 12.7. The van der Waals surface area contributed by atoms with Crippen LogP contribution in [0.5, 0.6) is 0 Å². The lowest BCUT2D eigenvalue weighted by Crippen LogP contribution is -2.79. The third-order valence-electron chi connectivity index (χ3n) is 14.8. The molecule has 0 unspecified atom stereocenters. The van der Waals surface area contributed by atoms with Gasteiger partial charge in [0.1, 0.15) is 34.4 Å². The molecular weight excluding hydrogens is 704 g/mol. The van der Waals surface area contributed by atoms with Crippen molar-refractivity contribution < 1.29 is 81.9 Å². The average Bonchev–Trinajstić information content (AvgIpc) is 3.87. The zero-order valence-corrected chi connectivity index (χ0v) is 30.9. The highest BCUT2D eigenvalue weighted by Crippen LogP contribution is 2.81. The molecule has 1 spiro atoms. The fourth-order valence-corrected chi connectivity index (χ4v) is 12.7. The molecule has 3 aliphatic carbocycles. The van der Waals surface area contributed by atoms with Crippen LogP contribution >= 0.6 is 0 Å². The number of carbonyl (C=O) groups excluding carboxylic acids is 4. The second-order valence-electron chi connectivity index (χ2n) is 16.4. The molecule has 3 saturated carbocycles. The smallest absolute Gasteiger partial charge is 0.366 e. The lowest BCUT2D eigenvalue weighted by atomic mass is 9.37. The van der Waals surface area contributed by atoms with Crippen molar-refractivity contribution in [2.24, 2.45) is 34.0 Å². The predicted octanol–water partition coefficient (Wildman–Crippen LogP) is -0.354. The van der Waals surface area contributed by atoms with Gasteiger partial charge in [-0.25, -0.2) is 9.59 Å². The molecular formula is C36H48O17. The maximum atomic E-state index is 14.3. The molecule has 0 radical (unpaired) electrons. The molecule has 3 N–H and O–H groups in total. The molecule has 17 heteroatoms. The van der Waals surface area contributed by atoms with Crippen molar-refractivity contribution in [2.75, 3.05) is 34.5 Å². The van der Waals surface area contributed by atoms with Crippen LogP contribution in [0.15, 0.2) is 11.6 Å². The molecule has 17 atom stereocenters. The summed E-state index contributed by atoms with van der Waals surface area (Å²) in [5.41, 5.74) is -10.6. The molecule has 17 nitrogen and oxygen atoms in total.